The van der Waals surface area contributed by atoms with E-state index in [1.807, 2.05) is 26.0 Å². The van der Waals surface area contributed by atoms with Crippen LogP contribution in [0.25, 0.3) is 0 Å². The number of hydrogen-bond acceptors (Lipinski definition) is 5. The second-order valence-corrected chi connectivity index (χ2v) is 7.43. The lowest BCUT2D eigenvalue weighted by molar-refractivity contribution is 0.332. The highest BCUT2D eigenvalue weighted by Crippen LogP contribution is 2.38. The maximum absolute atomic E-state index is 12.1. The molecular formula is C19H25N5O. The van der Waals surface area contributed by atoms with E-state index in [0.717, 1.165) is 55.5 Å². The number of aryl methyl sites for hydroxylation is 2. The van der Waals surface area contributed by atoms with Gasteiger partial charge in [-0.15, -0.1) is 0 Å². The van der Waals surface area contributed by atoms with E-state index < -0.39 is 0 Å². The van der Waals surface area contributed by atoms with Gasteiger partial charge in [0.2, 0.25) is 5.95 Å². The van der Waals surface area contributed by atoms with Gasteiger partial charge < -0.3 is 4.90 Å². The van der Waals surface area contributed by atoms with E-state index in [0.29, 0.717) is 11.8 Å². The monoisotopic (exact) mass is 339 g/mol. The molecule has 2 aromatic rings. The van der Waals surface area contributed by atoms with Crippen LogP contribution in [0.1, 0.15) is 48.7 Å². The van der Waals surface area contributed by atoms with Gasteiger partial charge in [-0.1, -0.05) is 0 Å². The largest absolute Gasteiger partial charge is 0.341 e. The van der Waals surface area contributed by atoms with E-state index >= 15 is 0 Å². The molecule has 1 saturated carbocycles. The number of aromatic nitrogens is 4. The molecule has 2 aromatic heterocycles. The molecule has 1 aliphatic carbocycles. The van der Waals surface area contributed by atoms with Crippen molar-refractivity contribution in [2.75, 3.05) is 18.0 Å². The Morgan fingerprint density at radius 2 is 1.72 bits per heavy atom. The minimum atomic E-state index is 0.0180. The predicted molar refractivity (Wildman–Crippen MR) is 96.9 cm³/mol. The van der Waals surface area contributed by atoms with E-state index in [9.17, 15) is 4.79 Å². The first-order valence-corrected chi connectivity index (χ1v) is 9.24. The molecule has 0 spiro atoms. The predicted octanol–water partition coefficient (Wildman–Crippen LogP) is 2.44. The van der Waals surface area contributed by atoms with Gasteiger partial charge in [-0.2, -0.15) is 5.10 Å². The summed E-state index contributed by atoms with van der Waals surface area (Å²) >= 11 is 0. The Morgan fingerprint density at radius 3 is 2.36 bits per heavy atom. The number of piperidine rings is 1. The molecule has 0 N–H and O–H groups in total. The van der Waals surface area contributed by atoms with Gasteiger partial charge in [-0.25, -0.2) is 14.6 Å². The third-order valence-corrected chi connectivity index (χ3v) is 5.18. The number of anilines is 1. The molecule has 132 valence electrons. The van der Waals surface area contributed by atoms with Crippen molar-refractivity contribution in [3.63, 3.8) is 0 Å². The van der Waals surface area contributed by atoms with Gasteiger partial charge in [0.25, 0.3) is 5.56 Å². The Balaban J connectivity index is 1.40. The van der Waals surface area contributed by atoms with Gasteiger partial charge in [0.15, 0.2) is 0 Å². The number of hydrogen-bond donors (Lipinski definition) is 0. The first kappa shape index (κ1) is 16.2. The minimum Gasteiger partial charge on any atom is -0.341 e. The van der Waals surface area contributed by atoms with Crippen molar-refractivity contribution in [3.05, 3.63) is 45.6 Å². The molecule has 0 unspecified atom stereocenters. The van der Waals surface area contributed by atoms with Gasteiger partial charge in [0.1, 0.15) is 0 Å². The Bertz CT molecular complexity index is 799. The summed E-state index contributed by atoms with van der Waals surface area (Å²) in [6.45, 7) is 6.61. The lowest BCUT2D eigenvalue weighted by Gasteiger charge is -2.32. The van der Waals surface area contributed by atoms with Crippen LogP contribution in [-0.2, 0) is 6.54 Å². The van der Waals surface area contributed by atoms with Crippen molar-refractivity contribution in [3.8, 4) is 0 Å². The first-order valence-electron chi connectivity index (χ1n) is 9.24. The van der Waals surface area contributed by atoms with E-state index in [-0.39, 0.29) is 5.56 Å². The highest BCUT2D eigenvalue weighted by atomic mass is 16.1. The Morgan fingerprint density at radius 1 is 1.04 bits per heavy atom. The number of rotatable bonds is 4. The molecule has 2 aliphatic rings. The number of nitrogens with zero attached hydrogens (tertiary/aromatic N) is 5. The zero-order chi connectivity index (χ0) is 17.4. The fourth-order valence-corrected chi connectivity index (χ4v) is 3.60. The molecule has 6 heteroatoms. The molecule has 0 amide bonds. The molecule has 4 rings (SSSR count). The maximum Gasteiger partial charge on any atom is 0.266 e. The molecule has 0 bridgehead atoms. The standard InChI is InChI=1S/C19H25N5O/c1-13-11-14(2)21-19(20-13)23-9-7-15(8-10-23)12-24-18(25)6-5-17(22-24)16-3-4-16/h5-6,11,15-16H,3-4,7-10,12H2,1-2H3. The molecule has 3 heterocycles. The van der Waals surface area contributed by atoms with Crippen LogP contribution in [0.5, 0.6) is 0 Å². The highest BCUT2D eigenvalue weighted by Gasteiger charge is 2.26. The summed E-state index contributed by atoms with van der Waals surface area (Å²) in [6, 6.07) is 5.58. The van der Waals surface area contributed by atoms with Crippen LogP contribution >= 0.6 is 0 Å². The summed E-state index contributed by atoms with van der Waals surface area (Å²) in [6.07, 6.45) is 4.50. The van der Waals surface area contributed by atoms with E-state index in [4.69, 9.17) is 0 Å². The SMILES string of the molecule is Cc1cc(C)nc(N2CCC(Cn3nc(C4CC4)ccc3=O)CC2)n1. The van der Waals surface area contributed by atoms with Crippen LogP contribution in [0, 0.1) is 19.8 Å². The molecule has 1 aliphatic heterocycles. The summed E-state index contributed by atoms with van der Waals surface area (Å²) < 4.78 is 1.68. The van der Waals surface area contributed by atoms with Crippen LogP contribution in [0.2, 0.25) is 0 Å². The normalized spacial score (nSPS) is 18.6. The first-order chi connectivity index (χ1) is 12.1. The van der Waals surface area contributed by atoms with Gasteiger partial charge in [0, 0.05) is 43.0 Å². The fraction of sp³-hybridized carbons (Fsp3) is 0.579. The van der Waals surface area contributed by atoms with Crippen molar-refractivity contribution in [1.29, 1.82) is 0 Å². The van der Waals surface area contributed by atoms with Crippen molar-refractivity contribution < 1.29 is 0 Å². The molecule has 25 heavy (non-hydrogen) atoms. The third-order valence-electron chi connectivity index (χ3n) is 5.18. The van der Waals surface area contributed by atoms with E-state index in [2.05, 4.69) is 20.0 Å². The lowest BCUT2D eigenvalue weighted by atomic mass is 9.97. The van der Waals surface area contributed by atoms with Gasteiger partial charge in [0.05, 0.1) is 5.69 Å². The average Bonchev–Trinajstić information content (AvgIpc) is 3.42. The molecule has 0 aromatic carbocycles. The third kappa shape index (κ3) is 3.72. The second kappa shape index (κ2) is 6.58. The van der Waals surface area contributed by atoms with Crippen LogP contribution in [0.4, 0.5) is 5.95 Å². The fourth-order valence-electron chi connectivity index (χ4n) is 3.60. The summed E-state index contributed by atoms with van der Waals surface area (Å²) in [7, 11) is 0. The zero-order valence-corrected chi connectivity index (χ0v) is 15.0. The van der Waals surface area contributed by atoms with Crippen LogP contribution in [-0.4, -0.2) is 32.8 Å². The molecule has 0 atom stereocenters. The van der Waals surface area contributed by atoms with Crippen LogP contribution in [0.3, 0.4) is 0 Å². The Labute approximate surface area is 147 Å². The molecule has 1 saturated heterocycles. The lowest BCUT2D eigenvalue weighted by Crippen LogP contribution is -2.38. The van der Waals surface area contributed by atoms with Crippen LogP contribution < -0.4 is 10.5 Å². The molecule has 0 radical (unpaired) electrons. The van der Waals surface area contributed by atoms with Crippen molar-refractivity contribution >= 4 is 5.95 Å². The van der Waals surface area contributed by atoms with Crippen molar-refractivity contribution in [2.24, 2.45) is 5.92 Å². The van der Waals surface area contributed by atoms with Gasteiger partial charge >= 0.3 is 0 Å². The van der Waals surface area contributed by atoms with E-state index in [1.165, 1.54) is 12.8 Å². The summed E-state index contributed by atoms with van der Waals surface area (Å²) in [4.78, 5) is 23.5. The van der Waals surface area contributed by atoms with Crippen molar-refractivity contribution in [1.82, 2.24) is 19.7 Å². The zero-order valence-electron chi connectivity index (χ0n) is 15.0. The average molecular weight is 339 g/mol. The molecule has 6 nitrogen and oxygen atoms in total. The molecular weight excluding hydrogens is 314 g/mol. The smallest absolute Gasteiger partial charge is 0.266 e. The van der Waals surface area contributed by atoms with E-state index in [1.54, 1.807) is 10.7 Å². The highest BCUT2D eigenvalue weighted by molar-refractivity contribution is 5.32. The molecule has 2 fully saturated rings. The van der Waals surface area contributed by atoms with Crippen molar-refractivity contribution in [2.45, 2.75) is 52.0 Å². The Kier molecular flexibility index (Phi) is 4.27. The second-order valence-electron chi connectivity index (χ2n) is 7.43. The van der Waals surface area contributed by atoms with Crippen LogP contribution in [0.15, 0.2) is 23.0 Å². The Hall–Kier alpha value is -2.24. The summed E-state index contributed by atoms with van der Waals surface area (Å²) in [5, 5.41) is 4.59. The van der Waals surface area contributed by atoms with Gasteiger partial charge in [-0.3, -0.25) is 4.79 Å². The summed E-state index contributed by atoms with van der Waals surface area (Å²) in [5.74, 6) is 1.90. The quantitative estimate of drug-likeness (QED) is 0.856. The minimum absolute atomic E-state index is 0.0180. The summed E-state index contributed by atoms with van der Waals surface area (Å²) in [5.41, 5.74) is 3.12. The van der Waals surface area contributed by atoms with Gasteiger partial charge in [-0.05, 0) is 57.6 Å². The maximum atomic E-state index is 12.1. The topological polar surface area (TPSA) is 63.9 Å².